The number of nitrogens with two attached hydrogens (primary N) is 1. The molecular weight excluding hydrogens is 260 g/mol. The van der Waals surface area contributed by atoms with E-state index in [1.165, 1.54) is 11.3 Å². The van der Waals surface area contributed by atoms with E-state index in [2.05, 4.69) is 41.1 Å². The number of pyridine rings is 1. The minimum absolute atomic E-state index is 0.0931. The lowest BCUT2D eigenvalue weighted by molar-refractivity contribution is 0.528. The first-order valence-electron chi connectivity index (χ1n) is 5.90. The quantitative estimate of drug-likeness (QED) is 0.735. The lowest BCUT2D eigenvalue weighted by Gasteiger charge is -2.13. The van der Waals surface area contributed by atoms with Crippen molar-refractivity contribution in [3.63, 3.8) is 0 Å². The zero-order valence-electron chi connectivity index (χ0n) is 11.0. The summed E-state index contributed by atoms with van der Waals surface area (Å²) in [5, 5.41) is 13.8. The highest BCUT2D eigenvalue weighted by atomic mass is 32.1. The highest BCUT2D eigenvalue weighted by molar-refractivity contribution is 7.19. The largest absolute Gasteiger partial charge is 0.384 e. The monoisotopic (exact) mass is 274 g/mol. The van der Waals surface area contributed by atoms with Crippen LogP contribution in [0.15, 0.2) is 18.3 Å². The van der Waals surface area contributed by atoms with Crippen molar-refractivity contribution in [3.8, 4) is 10.6 Å². The van der Waals surface area contributed by atoms with E-state index in [1.54, 1.807) is 16.8 Å². The Balaban J connectivity index is 2.12. The van der Waals surface area contributed by atoms with Gasteiger partial charge in [-0.05, 0) is 12.1 Å². The van der Waals surface area contributed by atoms with Gasteiger partial charge in [-0.2, -0.15) is 9.61 Å². The predicted molar refractivity (Wildman–Crippen MR) is 75.0 cm³/mol. The van der Waals surface area contributed by atoms with E-state index < -0.39 is 0 Å². The number of rotatable bonds is 1. The van der Waals surface area contributed by atoms with Crippen LogP contribution in [0.25, 0.3) is 15.5 Å². The smallest absolute Gasteiger partial charge is 0.235 e. The van der Waals surface area contributed by atoms with Crippen molar-refractivity contribution in [1.29, 1.82) is 0 Å². The van der Waals surface area contributed by atoms with Gasteiger partial charge in [-0.25, -0.2) is 4.98 Å². The molecule has 0 aliphatic heterocycles. The molecule has 0 saturated heterocycles. The van der Waals surface area contributed by atoms with Crippen molar-refractivity contribution in [2.75, 3.05) is 5.73 Å². The minimum Gasteiger partial charge on any atom is -0.384 e. The fourth-order valence-corrected chi connectivity index (χ4v) is 2.56. The first-order chi connectivity index (χ1) is 8.95. The van der Waals surface area contributed by atoms with Crippen LogP contribution < -0.4 is 5.73 Å². The van der Waals surface area contributed by atoms with Crippen LogP contribution in [0.2, 0.25) is 0 Å². The Morgan fingerprint density at radius 2 is 2.00 bits per heavy atom. The van der Waals surface area contributed by atoms with Gasteiger partial charge in [0.05, 0.1) is 0 Å². The molecule has 3 heterocycles. The van der Waals surface area contributed by atoms with Crippen molar-refractivity contribution < 1.29 is 0 Å². The summed E-state index contributed by atoms with van der Waals surface area (Å²) in [4.78, 5) is 4.87. The molecule has 0 amide bonds. The van der Waals surface area contributed by atoms with E-state index in [4.69, 9.17) is 5.73 Å². The Morgan fingerprint density at radius 3 is 2.63 bits per heavy atom. The molecule has 0 aromatic carbocycles. The average Bonchev–Trinajstić information content (AvgIpc) is 2.87. The summed E-state index contributed by atoms with van der Waals surface area (Å²) >= 11 is 1.49. The van der Waals surface area contributed by atoms with E-state index in [0.29, 0.717) is 5.82 Å². The molecule has 0 spiro atoms. The Hall–Kier alpha value is -2.02. The van der Waals surface area contributed by atoms with Crippen LogP contribution in [0.1, 0.15) is 26.6 Å². The number of anilines is 1. The molecule has 2 N–H and O–H groups in total. The van der Waals surface area contributed by atoms with Crippen LogP contribution in [0.3, 0.4) is 0 Å². The summed E-state index contributed by atoms with van der Waals surface area (Å²) in [6.07, 6.45) is 1.72. The Labute approximate surface area is 114 Å². The van der Waals surface area contributed by atoms with Crippen LogP contribution in [-0.4, -0.2) is 24.8 Å². The molecule has 0 fully saturated rings. The molecule has 98 valence electrons. The number of nitrogen functional groups attached to an aromatic ring is 1. The Kier molecular flexibility index (Phi) is 2.53. The normalized spacial score (nSPS) is 12.2. The Morgan fingerprint density at radius 1 is 1.21 bits per heavy atom. The zero-order valence-corrected chi connectivity index (χ0v) is 11.8. The lowest BCUT2D eigenvalue weighted by atomic mass is 9.96. The van der Waals surface area contributed by atoms with Gasteiger partial charge in [0.1, 0.15) is 10.8 Å². The van der Waals surface area contributed by atoms with Gasteiger partial charge < -0.3 is 5.73 Å². The highest BCUT2D eigenvalue weighted by Crippen LogP contribution is 2.28. The van der Waals surface area contributed by atoms with Gasteiger partial charge >= 0.3 is 0 Å². The lowest BCUT2D eigenvalue weighted by Crippen LogP contribution is -2.16. The van der Waals surface area contributed by atoms with Gasteiger partial charge in [0.2, 0.25) is 4.96 Å². The molecule has 3 aromatic heterocycles. The third-order valence-electron chi connectivity index (χ3n) is 2.69. The maximum absolute atomic E-state index is 5.59. The fraction of sp³-hybridized carbons (Fsp3) is 0.333. The van der Waals surface area contributed by atoms with Crippen molar-refractivity contribution in [3.05, 3.63) is 24.2 Å². The van der Waals surface area contributed by atoms with Gasteiger partial charge in [0.25, 0.3) is 0 Å². The molecule has 19 heavy (non-hydrogen) atoms. The molecule has 0 aliphatic rings. The summed E-state index contributed by atoms with van der Waals surface area (Å²) in [5.41, 5.74) is 6.43. The molecule has 0 radical (unpaired) electrons. The molecule has 3 rings (SSSR count). The van der Waals surface area contributed by atoms with Crippen LogP contribution in [0.4, 0.5) is 5.82 Å². The average molecular weight is 274 g/mol. The first-order valence-corrected chi connectivity index (χ1v) is 6.71. The van der Waals surface area contributed by atoms with Crippen molar-refractivity contribution in [1.82, 2.24) is 24.8 Å². The van der Waals surface area contributed by atoms with Gasteiger partial charge in [-0.1, -0.05) is 32.1 Å². The topological polar surface area (TPSA) is 82.0 Å². The standard InChI is InChI=1S/C12H14N6S/c1-12(2,3)10-15-16-11-18(10)17-9(19-11)7-4-5-8(13)14-6-7/h4-6H,1-3H3,(H2,13,14). The van der Waals surface area contributed by atoms with E-state index in [0.717, 1.165) is 21.4 Å². The summed E-state index contributed by atoms with van der Waals surface area (Å²) in [6, 6.07) is 3.67. The number of hydrogen-bond acceptors (Lipinski definition) is 6. The molecule has 0 saturated carbocycles. The summed E-state index contributed by atoms with van der Waals surface area (Å²) < 4.78 is 1.80. The molecule has 0 atom stereocenters. The van der Waals surface area contributed by atoms with Crippen molar-refractivity contribution >= 4 is 22.1 Å². The maximum Gasteiger partial charge on any atom is 0.235 e. The fourth-order valence-electron chi connectivity index (χ4n) is 1.73. The molecule has 0 bridgehead atoms. The second kappa shape index (κ2) is 3.99. The zero-order chi connectivity index (χ0) is 13.6. The summed E-state index contributed by atoms with van der Waals surface area (Å²) in [7, 11) is 0. The van der Waals surface area contributed by atoms with Gasteiger partial charge in [-0.3, -0.25) is 0 Å². The highest BCUT2D eigenvalue weighted by Gasteiger charge is 2.23. The van der Waals surface area contributed by atoms with E-state index >= 15 is 0 Å². The summed E-state index contributed by atoms with van der Waals surface area (Å²) in [6.45, 7) is 6.27. The second-order valence-corrected chi connectivity index (χ2v) is 6.30. The molecule has 7 heteroatoms. The van der Waals surface area contributed by atoms with Gasteiger partial charge in [0, 0.05) is 17.2 Å². The van der Waals surface area contributed by atoms with Crippen molar-refractivity contribution in [2.24, 2.45) is 0 Å². The third kappa shape index (κ3) is 2.06. The van der Waals surface area contributed by atoms with E-state index in [-0.39, 0.29) is 5.41 Å². The molecule has 3 aromatic rings. The Bertz CT molecular complexity index is 719. The van der Waals surface area contributed by atoms with E-state index in [1.807, 2.05) is 6.07 Å². The van der Waals surface area contributed by atoms with Crippen LogP contribution >= 0.6 is 11.3 Å². The first kappa shape index (κ1) is 12.0. The van der Waals surface area contributed by atoms with Crippen LogP contribution in [-0.2, 0) is 5.41 Å². The SMILES string of the molecule is CC(C)(C)c1nnc2sc(-c3ccc(N)nc3)nn12. The third-order valence-corrected chi connectivity index (χ3v) is 3.64. The van der Waals surface area contributed by atoms with Gasteiger partial charge in [-0.15, -0.1) is 10.2 Å². The number of hydrogen-bond donors (Lipinski definition) is 1. The second-order valence-electron chi connectivity index (χ2n) is 5.35. The number of fused-ring (bicyclic) bond motifs is 1. The predicted octanol–water partition coefficient (Wildman–Crippen LogP) is 2.13. The summed E-state index contributed by atoms with van der Waals surface area (Å²) in [5.74, 6) is 1.36. The molecule has 0 unspecified atom stereocenters. The van der Waals surface area contributed by atoms with Gasteiger partial charge in [0.15, 0.2) is 5.82 Å². The minimum atomic E-state index is -0.0931. The number of aromatic nitrogens is 5. The van der Waals surface area contributed by atoms with Crippen LogP contribution in [0, 0.1) is 0 Å². The molecule has 0 aliphatic carbocycles. The van der Waals surface area contributed by atoms with Crippen molar-refractivity contribution in [2.45, 2.75) is 26.2 Å². The number of nitrogens with zero attached hydrogens (tertiary/aromatic N) is 5. The van der Waals surface area contributed by atoms with Crippen LogP contribution in [0.5, 0.6) is 0 Å². The molecule has 6 nitrogen and oxygen atoms in total. The van der Waals surface area contributed by atoms with E-state index in [9.17, 15) is 0 Å². The molecular formula is C12H14N6S. The maximum atomic E-state index is 5.59.